The van der Waals surface area contributed by atoms with Crippen molar-refractivity contribution >= 4 is 27.3 Å². The molecule has 6 nitrogen and oxygen atoms in total. The van der Waals surface area contributed by atoms with Gasteiger partial charge in [0.05, 0.1) is 17.1 Å². The molecule has 0 spiro atoms. The van der Waals surface area contributed by atoms with Crippen LogP contribution in [0.4, 0.5) is 11.4 Å². The van der Waals surface area contributed by atoms with Crippen molar-refractivity contribution in [3.63, 3.8) is 0 Å². The molecular weight excluding hydrogens is 304 g/mol. The Balaban J connectivity index is 1.78. The van der Waals surface area contributed by atoms with Crippen LogP contribution in [0.3, 0.4) is 0 Å². The van der Waals surface area contributed by atoms with Crippen molar-refractivity contribution < 1.29 is 17.9 Å². The minimum Gasteiger partial charge on any atom is -0.482 e. The molecule has 0 atom stereocenters. The van der Waals surface area contributed by atoms with Gasteiger partial charge >= 0.3 is 0 Å². The lowest BCUT2D eigenvalue weighted by Gasteiger charge is -2.18. The van der Waals surface area contributed by atoms with E-state index in [1.165, 1.54) is 6.07 Å². The Morgan fingerprint density at radius 1 is 1.14 bits per heavy atom. The first-order valence-electron chi connectivity index (χ1n) is 6.63. The zero-order chi connectivity index (χ0) is 15.6. The number of carbonyl (C=O) groups is 1. The number of carbonyl (C=O) groups excluding carboxylic acids is 1. The zero-order valence-corrected chi connectivity index (χ0v) is 12.4. The summed E-state index contributed by atoms with van der Waals surface area (Å²) < 4.78 is 32.1. The first kappa shape index (κ1) is 14.4. The van der Waals surface area contributed by atoms with E-state index in [9.17, 15) is 13.2 Å². The molecule has 0 saturated carbocycles. The van der Waals surface area contributed by atoms with E-state index in [2.05, 4.69) is 10.0 Å². The molecule has 1 amide bonds. The van der Waals surface area contributed by atoms with E-state index in [0.717, 1.165) is 0 Å². The van der Waals surface area contributed by atoms with Gasteiger partial charge in [0, 0.05) is 0 Å². The van der Waals surface area contributed by atoms with Crippen molar-refractivity contribution in [1.29, 1.82) is 0 Å². The van der Waals surface area contributed by atoms with Crippen LogP contribution < -0.4 is 14.8 Å². The van der Waals surface area contributed by atoms with Crippen LogP contribution in [-0.2, 0) is 20.6 Å². The monoisotopic (exact) mass is 318 g/mol. The summed E-state index contributed by atoms with van der Waals surface area (Å²) >= 11 is 0. The first-order chi connectivity index (χ1) is 10.5. The summed E-state index contributed by atoms with van der Waals surface area (Å²) in [6, 6.07) is 13.7. The molecule has 0 fully saturated rings. The maximum Gasteiger partial charge on any atom is 0.262 e. The van der Waals surface area contributed by atoms with E-state index in [-0.39, 0.29) is 18.3 Å². The highest BCUT2D eigenvalue weighted by atomic mass is 32.2. The van der Waals surface area contributed by atoms with Crippen LogP contribution in [0.15, 0.2) is 48.5 Å². The van der Waals surface area contributed by atoms with E-state index in [4.69, 9.17) is 4.74 Å². The van der Waals surface area contributed by atoms with Crippen LogP contribution in [-0.4, -0.2) is 20.9 Å². The van der Waals surface area contributed by atoms with Crippen molar-refractivity contribution in [3.8, 4) is 5.75 Å². The number of anilines is 2. The first-order valence-corrected chi connectivity index (χ1v) is 8.28. The summed E-state index contributed by atoms with van der Waals surface area (Å²) in [5.74, 6) is 0.135. The van der Waals surface area contributed by atoms with E-state index < -0.39 is 10.0 Å². The molecule has 0 bridgehead atoms. The van der Waals surface area contributed by atoms with Gasteiger partial charge in [-0.25, -0.2) is 8.42 Å². The van der Waals surface area contributed by atoms with Crippen molar-refractivity contribution in [2.75, 3.05) is 16.6 Å². The number of amides is 1. The van der Waals surface area contributed by atoms with Gasteiger partial charge in [-0.1, -0.05) is 30.3 Å². The minimum atomic E-state index is -3.53. The number of benzene rings is 2. The molecular formula is C15H14N2O4S. The molecule has 0 radical (unpaired) electrons. The molecule has 0 aliphatic carbocycles. The van der Waals surface area contributed by atoms with E-state index in [0.29, 0.717) is 22.7 Å². The van der Waals surface area contributed by atoms with E-state index in [1.54, 1.807) is 36.4 Å². The predicted molar refractivity (Wildman–Crippen MR) is 83.3 cm³/mol. The molecule has 0 unspecified atom stereocenters. The second kappa shape index (κ2) is 5.69. The highest BCUT2D eigenvalue weighted by molar-refractivity contribution is 7.91. The van der Waals surface area contributed by atoms with E-state index >= 15 is 0 Å². The number of hydrogen-bond donors (Lipinski definition) is 2. The van der Waals surface area contributed by atoms with Gasteiger partial charge in [-0.05, 0) is 23.8 Å². The highest BCUT2D eigenvalue weighted by Gasteiger charge is 2.18. The van der Waals surface area contributed by atoms with E-state index in [1.807, 2.05) is 6.07 Å². The molecule has 0 saturated heterocycles. The van der Waals surface area contributed by atoms with Gasteiger partial charge in [0.15, 0.2) is 6.61 Å². The van der Waals surface area contributed by atoms with Crippen molar-refractivity contribution in [1.82, 2.24) is 0 Å². The van der Waals surface area contributed by atoms with Gasteiger partial charge < -0.3 is 10.1 Å². The molecule has 0 aromatic heterocycles. The highest BCUT2D eigenvalue weighted by Crippen LogP contribution is 2.30. The van der Waals surface area contributed by atoms with Crippen LogP contribution in [0.5, 0.6) is 5.75 Å². The number of ether oxygens (including phenoxy) is 1. The number of fused-ring (bicyclic) bond motifs is 1. The molecule has 2 aromatic carbocycles. The Morgan fingerprint density at radius 2 is 1.91 bits per heavy atom. The summed E-state index contributed by atoms with van der Waals surface area (Å²) in [6.07, 6.45) is 0. The smallest absolute Gasteiger partial charge is 0.262 e. The summed E-state index contributed by atoms with van der Waals surface area (Å²) in [4.78, 5) is 11.3. The lowest BCUT2D eigenvalue weighted by Crippen LogP contribution is -2.25. The van der Waals surface area contributed by atoms with Gasteiger partial charge in [0.1, 0.15) is 5.75 Å². The number of rotatable bonds is 4. The van der Waals surface area contributed by atoms with Gasteiger partial charge in [-0.15, -0.1) is 0 Å². The van der Waals surface area contributed by atoms with Crippen LogP contribution in [0, 0.1) is 0 Å². The average molecular weight is 318 g/mol. The fraction of sp³-hybridized carbons (Fsp3) is 0.133. The Hall–Kier alpha value is -2.54. The lowest BCUT2D eigenvalue weighted by atomic mass is 10.2. The second-order valence-electron chi connectivity index (χ2n) is 4.89. The summed E-state index contributed by atoms with van der Waals surface area (Å²) in [7, 11) is -3.53. The van der Waals surface area contributed by atoms with Crippen LogP contribution >= 0.6 is 0 Å². The molecule has 114 valence electrons. The summed E-state index contributed by atoms with van der Waals surface area (Å²) in [5.41, 5.74) is 1.53. The maximum absolute atomic E-state index is 12.2. The number of hydrogen-bond acceptors (Lipinski definition) is 4. The Morgan fingerprint density at radius 3 is 2.68 bits per heavy atom. The van der Waals surface area contributed by atoms with Gasteiger partial charge in [-0.3, -0.25) is 9.52 Å². The number of nitrogens with one attached hydrogen (secondary N) is 2. The van der Waals surface area contributed by atoms with Crippen molar-refractivity contribution in [3.05, 3.63) is 54.1 Å². The zero-order valence-electron chi connectivity index (χ0n) is 11.6. The third-order valence-corrected chi connectivity index (χ3v) is 4.35. The maximum atomic E-state index is 12.2. The molecule has 1 aliphatic rings. The van der Waals surface area contributed by atoms with Crippen LogP contribution in [0.1, 0.15) is 5.56 Å². The Kier molecular flexibility index (Phi) is 3.72. The third-order valence-electron chi connectivity index (χ3n) is 3.09. The number of sulfonamides is 1. The molecule has 1 heterocycles. The quantitative estimate of drug-likeness (QED) is 0.902. The normalized spacial score (nSPS) is 13.7. The standard InChI is InChI=1S/C15H14N2O4S/c18-15-9-21-14-7-6-12(8-13(14)16-15)17-22(19,20)10-11-4-2-1-3-5-11/h1-8,17H,9-10H2,(H,16,18). The van der Waals surface area contributed by atoms with Crippen molar-refractivity contribution in [2.24, 2.45) is 0 Å². The summed E-state index contributed by atoms with van der Waals surface area (Å²) in [5, 5.41) is 2.64. The third kappa shape index (κ3) is 3.37. The Labute approximate surface area is 128 Å². The van der Waals surface area contributed by atoms with Crippen LogP contribution in [0.2, 0.25) is 0 Å². The fourth-order valence-corrected chi connectivity index (χ4v) is 3.35. The molecule has 2 aromatic rings. The van der Waals surface area contributed by atoms with Crippen molar-refractivity contribution in [2.45, 2.75) is 5.75 Å². The Bertz CT molecular complexity index is 804. The van der Waals surface area contributed by atoms with Gasteiger partial charge in [-0.2, -0.15) is 0 Å². The van der Waals surface area contributed by atoms with Crippen LogP contribution in [0.25, 0.3) is 0 Å². The fourth-order valence-electron chi connectivity index (χ4n) is 2.16. The van der Waals surface area contributed by atoms with Gasteiger partial charge in [0.25, 0.3) is 5.91 Å². The molecule has 3 rings (SSSR count). The summed E-state index contributed by atoms with van der Waals surface area (Å²) in [6.45, 7) is -0.0356. The molecule has 1 aliphatic heterocycles. The minimum absolute atomic E-state index is 0.0356. The largest absolute Gasteiger partial charge is 0.482 e. The molecule has 22 heavy (non-hydrogen) atoms. The predicted octanol–water partition coefficient (Wildman–Crippen LogP) is 1.96. The average Bonchev–Trinajstić information content (AvgIpc) is 2.46. The molecule has 2 N–H and O–H groups in total. The topological polar surface area (TPSA) is 84.5 Å². The van der Waals surface area contributed by atoms with Gasteiger partial charge in [0.2, 0.25) is 10.0 Å². The second-order valence-corrected chi connectivity index (χ2v) is 6.62. The lowest BCUT2D eigenvalue weighted by molar-refractivity contribution is -0.118. The SMILES string of the molecule is O=C1COc2ccc(NS(=O)(=O)Cc3ccccc3)cc2N1. The molecule has 7 heteroatoms.